The highest BCUT2D eigenvalue weighted by Gasteiger charge is 2.61. The number of hydrogen-bond acceptors (Lipinski definition) is 5. The Balaban J connectivity index is 1.67. The van der Waals surface area contributed by atoms with Crippen molar-refractivity contribution in [3.05, 3.63) is 60.7 Å². The molecule has 5 nitrogen and oxygen atoms in total. The van der Waals surface area contributed by atoms with Crippen LogP contribution in [0.4, 0.5) is 0 Å². The van der Waals surface area contributed by atoms with Crippen LogP contribution in [0.15, 0.2) is 60.7 Å². The fraction of sp³-hybridized carbons (Fsp3) is 0.400. The van der Waals surface area contributed by atoms with Gasteiger partial charge in [-0.25, -0.2) is 0 Å². The number of benzene rings is 2. The standard InChI is InChI=1S/C20H14B2Cl12O5P2/c23-17(24,25)13-35-21(36-14(18(26,27)28)40(13)11-7-3-1-4-8-11)39-22-37-15(19(29,30)31)41(12-9-5-2-6-10-12)16(38-22)20(32,33)34/h1-10,13-16H. The molecule has 0 radical (unpaired) electrons. The van der Waals surface area contributed by atoms with Gasteiger partial charge >= 0.3 is 14.6 Å². The van der Waals surface area contributed by atoms with E-state index in [-0.39, 0.29) is 0 Å². The molecule has 4 rings (SSSR count). The van der Waals surface area contributed by atoms with Crippen LogP contribution in [0.1, 0.15) is 0 Å². The van der Waals surface area contributed by atoms with Gasteiger partial charge < -0.3 is 23.2 Å². The van der Waals surface area contributed by atoms with Crippen LogP contribution in [0.5, 0.6) is 0 Å². The topological polar surface area (TPSA) is 46.2 Å². The molecule has 2 heterocycles. The summed E-state index contributed by atoms with van der Waals surface area (Å²) < 4.78 is 21.6. The number of alkyl halides is 12. The summed E-state index contributed by atoms with van der Waals surface area (Å²) in [6.45, 7) is 0. The SMILES string of the molecule is ClC(Cl)(Cl)C1OB(OB2OC(C(Cl)(Cl)Cl)P(c3ccccc3)C(C(Cl)(Cl)Cl)O2)OC(C(Cl)(Cl)Cl)P1c1ccccc1. The lowest BCUT2D eigenvalue weighted by molar-refractivity contribution is 0.0418. The first-order chi connectivity index (χ1) is 18.9. The van der Waals surface area contributed by atoms with E-state index in [1.807, 2.05) is 0 Å². The Hall–Kier alpha value is 2.71. The van der Waals surface area contributed by atoms with Crippen molar-refractivity contribution in [2.45, 2.75) is 38.6 Å². The molecule has 2 aliphatic heterocycles. The Labute approximate surface area is 299 Å². The van der Waals surface area contributed by atoms with Crippen LogP contribution in [0.2, 0.25) is 0 Å². The minimum Gasteiger partial charge on any atom is -0.399 e. The molecule has 4 unspecified atom stereocenters. The molecule has 41 heavy (non-hydrogen) atoms. The average molecular weight is 843 g/mol. The van der Waals surface area contributed by atoms with Gasteiger partial charge in [0.15, 0.2) is 0 Å². The molecule has 0 saturated carbocycles. The van der Waals surface area contributed by atoms with E-state index in [0.717, 1.165) is 0 Å². The van der Waals surface area contributed by atoms with Gasteiger partial charge in [-0.3, -0.25) is 0 Å². The Kier molecular flexibility index (Phi) is 12.9. The minimum absolute atomic E-state index is 0.666. The van der Waals surface area contributed by atoms with E-state index in [1.165, 1.54) is 0 Å². The second kappa shape index (κ2) is 14.4. The van der Waals surface area contributed by atoms with Gasteiger partial charge in [0.25, 0.3) is 0 Å². The highest BCUT2D eigenvalue weighted by atomic mass is 35.6. The van der Waals surface area contributed by atoms with Gasteiger partial charge in [-0.05, 0) is 26.5 Å². The summed E-state index contributed by atoms with van der Waals surface area (Å²) in [4.78, 5) is 0. The minimum atomic E-state index is -2.02. The highest BCUT2D eigenvalue weighted by Crippen LogP contribution is 2.64. The van der Waals surface area contributed by atoms with Gasteiger partial charge in [-0.15, -0.1) is 0 Å². The van der Waals surface area contributed by atoms with Crippen molar-refractivity contribution in [2.75, 3.05) is 0 Å². The molecule has 0 spiro atoms. The van der Waals surface area contributed by atoms with Crippen molar-refractivity contribution in [1.82, 2.24) is 0 Å². The summed E-state index contributed by atoms with van der Waals surface area (Å²) in [5.41, 5.74) is 0. The van der Waals surface area contributed by atoms with E-state index in [0.29, 0.717) is 10.6 Å². The third-order valence-corrected chi connectivity index (χ3v) is 15.5. The van der Waals surface area contributed by atoms with Gasteiger partial charge in [0.05, 0.1) is 0 Å². The molecule has 0 bridgehead atoms. The summed E-state index contributed by atoms with van der Waals surface area (Å²) >= 11 is 76.2. The van der Waals surface area contributed by atoms with Gasteiger partial charge in [0.1, 0.15) is 23.4 Å². The maximum absolute atomic E-state index is 6.35. The van der Waals surface area contributed by atoms with E-state index in [1.54, 1.807) is 60.7 Å². The van der Waals surface area contributed by atoms with Crippen LogP contribution >= 0.6 is 155 Å². The molecule has 224 valence electrons. The van der Waals surface area contributed by atoms with Crippen LogP contribution in [0.25, 0.3) is 0 Å². The Morgan fingerprint density at radius 2 is 0.707 bits per heavy atom. The summed E-state index contributed by atoms with van der Waals surface area (Å²) in [6, 6.07) is 17.8. The molecule has 2 aromatic rings. The highest BCUT2D eigenvalue weighted by molar-refractivity contribution is 7.68. The molecule has 0 aromatic heterocycles. The normalized spacial score (nSPS) is 28.6. The summed E-state index contributed by atoms with van der Waals surface area (Å²) in [6.07, 6.45) is 0. The van der Waals surface area contributed by atoms with Crippen molar-refractivity contribution >= 4 is 180 Å². The zero-order chi connectivity index (χ0) is 30.4. The average Bonchev–Trinajstić information content (AvgIpc) is 2.87. The Morgan fingerprint density at radius 3 is 0.927 bits per heavy atom. The third kappa shape index (κ3) is 9.41. The summed E-state index contributed by atoms with van der Waals surface area (Å²) in [7, 11) is -6.81. The first kappa shape index (κ1) is 36.5. The molecule has 0 amide bonds. The second-order valence-corrected chi connectivity index (χ2v) is 22.3. The predicted octanol–water partition coefficient (Wildman–Crippen LogP) is 9.47. The molecule has 2 saturated heterocycles. The fourth-order valence-corrected chi connectivity index (χ4v) is 13.1. The lowest BCUT2D eigenvalue weighted by Gasteiger charge is -2.47. The van der Waals surface area contributed by atoms with Crippen molar-refractivity contribution in [1.29, 1.82) is 0 Å². The maximum Gasteiger partial charge on any atom is 0.628 e. The second-order valence-electron chi connectivity index (χ2n) is 8.32. The molecule has 4 atom stereocenters. The molecular formula is C20H14B2Cl12O5P2. The number of hydrogen-bond donors (Lipinski definition) is 0. The Bertz CT molecular complexity index is 1020. The molecule has 2 fully saturated rings. The van der Waals surface area contributed by atoms with Crippen LogP contribution in [0.3, 0.4) is 0 Å². The molecule has 0 aliphatic carbocycles. The van der Waals surface area contributed by atoms with Gasteiger partial charge in [0.2, 0.25) is 15.2 Å². The van der Waals surface area contributed by atoms with E-state index < -0.39 is 69.0 Å². The smallest absolute Gasteiger partial charge is 0.399 e. The predicted molar refractivity (Wildman–Crippen MR) is 179 cm³/mol. The largest absolute Gasteiger partial charge is 0.628 e. The zero-order valence-electron chi connectivity index (χ0n) is 19.7. The van der Waals surface area contributed by atoms with Crippen LogP contribution in [0, 0.1) is 0 Å². The van der Waals surface area contributed by atoms with Crippen molar-refractivity contribution < 1.29 is 23.2 Å². The van der Waals surface area contributed by atoms with Crippen molar-refractivity contribution in [3.63, 3.8) is 0 Å². The quantitative estimate of drug-likeness (QED) is 0.175. The van der Waals surface area contributed by atoms with E-state index in [9.17, 15) is 0 Å². The summed E-state index contributed by atoms with van der Waals surface area (Å²) in [5.74, 6) is -4.77. The van der Waals surface area contributed by atoms with Gasteiger partial charge in [0, 0.05) is 0 Å². The molecule has 2 aromatic carbocycles. The van der Waals surface area contributed by atoms with E-state index in [4.69, 9.17) is 162 Å². The first-order valence-electron chi connectivity index (χ1n) is 11.1. The summed E-state index contributed by atoms with van der Waals surface area (Å²) in [5, 5.41) is 1.33. The lowest BCUT2D eigenvalue weighted by atomic mass is 10.1. The number of rotatable bonds is 4. The molecule has 21 heteroatoms. The molecular weight excluding hydrogens is 829 g/mol. The van der Waals surface area contributed by atoms with Crippen LogP contribution in [-0.4, -0.2) is 53.2 Å². The fourth-order valence-electron chi connectivity index (χ4n) is 3.89. The maximum atomic E-state index is 6.35. The molecule has 0 N–H and O–H groups in total. The first-order valence-corrected chi connectivity index (χ1v) is 18.6. The monoisotopic (exact) mass is 838 g/mol. The van der Waals surface area contributed by atoms with Crippen molar-refractivity contribution in [3.8, 4) is 0 Å². The Morgan fingerprint density at radius 1 is 0.463 bits per heavy atom. The van der Waals surface area contributed by atoms with Gasteiger partial charge in [-0.1, -0.05) is 200 Å². The lowest BCUT2D eigenvalue weighted by Crippen LogP contribution is -2.57. The van der Waals surface area contributed by atoms with Crippen molar-refractivity contribution in [2.24, 2.45) is 0 Å². The third-order valence-electron chi connectivity index (χ3n) is 5.42. The molecule has 2 aliphatic rings. The van der Waals surface area contributed by atoms with E-state index >= 15 is 0 Å². The zero-order valence-corrected chi connectivity index (χ0v) is 30.6. The van der Waals surface area contributed by atoms with Crippen LogP contribution in [-0.2, 0) is 23.2 Å². The van der Waals surface area contributed by atoms with Gasteiger partial charge in [-0.2, -0.15) is 0 Å². The number of halogens is 12. The van der Waals surface area contributed by atoms with Crippen LogP contribution < -0.4 is 10.6 Å². The van der Waals surface area contributed by atoms with E-state index in [2.05, 4.69) is 0 Å².